The van der Waals surface area contributed by atoms with Crippen LogP contribution in [-0.2, 0) is 20.8 Å². The van der Waals surface area contributed by atoms with E-state index in [1.807, 2.05) is 6.92 Å². The normalized spacial score (nSPS) is 17.1. The fourth-order valence-corrected chi connectivity index (χ4v) is 2.63. The zero-order valence-corrected chi connectivity index (χ0v) is 13.5. The highest BCUT2D eigenvalue weighted by Gasteiger charge is 2.17. The lowest BCUT2D eigenvalue weighted by molar-refractivity contribution is -0.124. The second-order valence-electron chi connectivity index (χ2n) is 5.62. The second kappa shape index (κ2) is 7.39. The van der Waals surface area contributed by atoms with Gasteiger partial charge in [-0.1, -0.05) is 5.21 Å². The maximum atomic E-state index is 12.0. The Morgan fingerprint density at radius 2 is 2.33 bits per heavy atom. The summed E-state index contributed by atoms with van der Waals surface area (Å²) in [5.74, 6) is -0.896. The third-order valence-electron chi connectivity index (χ3n) is 3.93. The van der Waals surface area contributed by atoms with Crippen molar-refractivity contribution < 1.29 is 19.1 Å². The third-order valence-corrected chi connectivity index (χ3v) is 3.93. The molecular formula is C16H20N4O4. The van der Waals surface area contributed by atoms with Gasteiger partial charge >= 0.3 is 5.97 Å². The Morgan fingerprint density at radius 3 is 3.08 bits per heavy atom. The molecule has 1 aliphatic heterocycles. The van der Waals surface area contributed by atoms with Gasteiger partial charge in [-0.3, -0.25) is 4.79 Å². The molecule has 1 saturated heterocycles. The summed E-state index contributed by atoms with van der Waals surface area (Å²) in [5, 5.41) is 10.7. The Bertz CT molecular complexity index is 737. The summed E-state index contributed by atoms with van der Waals surface area (Å²) in [6.07, 6.45) is 2.02. The van der Waals surface area contributed by atoms with Gasteiger partial charge in [0.1, 0.15) is 5.52 Å². The maximum Gasteiger partial charge on any atom is 0.338 e. The maximum absolute atomic E-state index is 12.0. The summed E-state index contributed by atoms with van der Waals surface area (Å²) >= 11 is 0. The van der Waals surface area contributed by atoms with Crippen molar-refractivity contribution in [3.8, 4) is 0 Å². The summed E-state index contributed by atoms with van der Waals surface area (Å²) in [4.78, 5) is 23.8. The number of esters is 1. The lowest BCUT2D eigenvalue weighted by Gasteiger charge is -2.11. The summed E-state index contributed by atoms with van der Waals surface area (Å²) < 4.78 is 12.2. The van der Waals surface area contributed by atoms with E-state index in [0.29, 0.717) is 24.2 Å². The topological polar surface area (TPSA) is 95.3 Å². The minimum absolute atomic E-state index is 0.0632. The van der Waals surface area contributed by atoms with Crippen molar-refractivity contribution >= 4 is 22.9 Å². The van der Waals surface area contributed by atoms with Crippen LogP contribution in [0.5, 0.6) is 0 Å². The van der Waals surface area contributed by atoms with Gasteiger partial charge < -0.3 is 14.8 Å². The highest BCUT2D eigenvalue weighted by Crippen LogP contribution is 2.14. The van der Waals surface area contributed by atoms with Crippen LogP contribution in [0.2, 0.25) is 0 Å². The number of rotatable bonds is 6. The first-order chi connectivity index (χ1) is 11.7. The number of nitrogens with zero attached hydrogens (tertiary/aromatic N) is 3. The van der Waals surface area contributed by atoms with Crippen LogP contribution in [-0.4, -0.2) is 52.7 Å². The largest absolute Gasteiger partial charge is 0.452 e. The average Bonchev–Trinajstić information content (AvgIpc) is 3.26. The smallest absolute Gasteiger partial charge is 0.338 e. The van der Waals surface area contributed by atoms with Crippen LogP contribution in [0.3, 0.4) is 0 Å². The Morgan fingerprint density at radius 1 is 1.46 bits per heavy atom. The van der Waals surface area contributed by atoms with E-state index in [2.05, 4.69) is 15.6 Å². The molecule has 2 heterocycles. The number of hydrogen-bond acceptors (Lipinski definition) is 6. The molecule has 1 aromatic heterocycles. The number of carbonyl (C=O) groups is 2. The highest BCUT2D eigenvalue weighted by molar-refractivity contribution is 5.94. The van der Waals surface area contributed by atoms with Gasteiger partial charge in [0.05, 0.1) is 17.2 Å². The van der Waals surface area contributed by atoms with Gasteiger partial charge in [-0.05, 0) is 38.0 Å². The molecule has 1 amide bonds. The van der Waals surface area contributed by atoms with E-state index < -0.39 is 5.97 Å². The minimum Gasteiger partial charge on any atom is -0.452 e. The number of hydrogen-bond donors (Lipinski definition) is 1. The first kappa shape index (κ1) is 16.4. The van der Waals surface area contributed by atoms with E-state index in [0.717, 1.165) is 25.0 Å². The molecule has 8 heteroatoms. The fraction of sp³-hybridized carbons (Fsp3) is 0.500. The summed E-state index contributed by atoms with van der Waals surface area (Å²) in [7, 11) is 0. The predicted octanol–water partition coefficient (Wildman–Crippen LogP) is 0.903. The number of benzene rings is 1. The lowest BCUT2D eigenvalue weighted by atomic mass is 10.2. The molecule has 1 aliphatic rings. The molecule has 3 rings (SSSR count). The van der Waals surface area contributed by atoms with Gasteiger partial charge in [0.25, 0.3) is 5.91 Å². The Labute approximate surface area is 139 Å². The molecule has 24 heavy (non-hydrogen) atoms. The SMILES string of the molecule is CCn1nnc2cc(C(=O)OCC(=O)NC[C@@H]3CCCO3)ccc21. The molecule has 0 spiro atoms. The van der Waals surface area contributed by atoms with Crippen LogP contribution in [0.4, 0.5) is 0 Å². The minimum atomic E-state index is -0.560. The number of aryl methyl sites for hydroxylation is 1. The van der Waals surface area contributed by atoms with Gasteiger partial charge in [0.15, 0.2) is 6.61 Å². The van der Waals surface area contributed by atoms with E-state index in [1.54, 1.807) is 22.9 Å². The van der Waals surface area contributed by atoms with Crippen LogP contribution in [0.25, 0.3) is 11.0 Å². The van der Waals surface area contributed by atoms with Crippen molar-refractivity contribution in [1.82, 2.24) is 20.3 Å². The van der Waals surface area contributed by atoms with Crippen molar-refractivity contribution in [2.24, 2.45) is 0 Å². The van der Waals surface area contributed by atoms with E-state index in [4.69, 9.17) is 9.47 Å². The number of ether oxygens (including phenoxy) is 2. The molecule has 2 aromatic rings. The van der Waals surface area contributed by atoms with Gasteiger partial charge in [-0.25, -0.2) is 9.48 Å². The van der Waals surface area contributed by atoms with Crippen LogP contribution < -0.4 is 5.32 Å². The number of carbonyl (C=O) groups excluding carboxylic acids is 2. The van der Waals surface area contributed by atoms with Gasteiger partial charge in [0, 0.05) is 19.7 Å². The van der Waals surface area contributed by atoms with Crippen molar-refractivity contribution in [3.05, 3.63) is 23.8 Å². The fourth-order valence-electron chi connectivity index (χ4n) is 2.63. The third kappa shape index (κ3) is 3.70. The molecule has 0 aliphatic carbocycles. The number of fused-ring (bicyclic) bond motifs is 1. The molecule has 0 unspecified atom stereocenters. The summed E-state index contributed by atoms with van der Waals surface area (Å²) in [6, 6.07) is 5.03. The van der Waals surface area contributed by atoms with E-state index in [9.17, 15) is 9.59 Å². The average molecular weight is 332 g/mol. The standard InChI is InChI=1S/C16H20N4O4/c1-2-20-14-6-5-11(8-13(14)18-19-20)16(22)24-10-15(21)17-9-12-4-3-7-23-12/h5-6,8,12H,2-4,7,9-10H2,1H3,(H,17,21)/t12-/m0/s1. The second-order valence-corrected chi connectivity index (χ2v) is 5.62. The van der Waals surface area contributed by atoms with Crippen LogP contribution in [0, 0.1) is 0 Å². The van der Waals surface area contributed by atoms with Crippen LogP contribution in [0.15, 0.2) is 18.2 Å². The van der Waals surface area contributed by atoms with E-state index >= 15 is 0 Å². The number of aromatic nitrogens is 3. The van der Waals surface area contributed by atoms with Crippen LogP contribution >= 0.6 is 0 Å². The van der Waals surface area contributed by atoms with Crippen molar-refractivity contribution in [2.45, 2.75) is 32.4 Å². The van der Waals surface area contributed by atoms with Crippen molar-refractivity contribution in [1.29, 1.82) is 0 Å². The molecule has 0 radical (unpaired) electrons. The molecule has 1 fully saturated rings. The summed E-state index contributed by atoms with van der Waals surface area (Å²) in [5.41, 5.74) is 1.81. The Hall–Kier alpha value is -2.48. The monoisotopic (exact) mass is 332 g/mol. The number of amides is 1. The van der Waals surface area contributed by atoms with E-state index in [1.165, 1.54) is 0 Å². The molecule has 0 saturated carbocycles. The highest BCUT2D eigenvalue weighted by atomic mass is 16.5. The summed E-state index contributed by atoms with van der Waals surface area (Å²) in [6.45, 7) is 3.53. The van der Waals surface area contributed by atoms with Gasteiger partial charge in [-0.2, -0.15) is 0 Å². The first-order valence-electron chi connectivity index (χ1n) is 8.06. The molecule has 1 atom stereocenters. The quantitative estimate of drug-likeness (QED) is 0.790. The molecular weight excluding hydrogens is 312 g/mol. The molecule has 8 nitrogen and oxygen atoms in total. The Balaban J connectivity index is 1.51. The van der Waals surface area contributed by atoms with Crippen LogP contribution in [0.1, 0.15) is 30.1 Å². The van der Waals surface area contributed by atoms with Gasteiger partial charge in [0.2, 0.25) is 0 Å². The van der Waals surface area contributed by atoms with Crippen molar-refractivity contribution in [3.63, 3.8) is 0 Å². The first-order valence-corrected chi connectivity index (χ1v) is 8.06. The lowest BCUT2D eigenvalue weighted by Crippen LogP contribution is -2.34. The zero-order valence-electron chi connectivity index (χ0n) is 13.5. The zero-order chi connectivity index (χ0) is 16.9. The Kier molecular flexibility index (Phi) is 5.05. The molecule has 1 aromatic carbocycles. The van der Waals surface area contributed by atoms with E-state index in [-0.39, 0.29) is 18.6 Å². The van der Waals surface area contributed by atoms with Gasteiger partial charge in [-0.15, -0.1) is 5.10 Å². The number of nitrogens with one attached hydrogen (secondary N) is 1. The molecule has 0 bridgehead atoms. The van der Waals surface area contributed by atoms with Crippen molar-refractivity contribution in [2.75, 3.05) is 19.8 Å². The molecule has 128 valence electrons. The molecule has 1 N–H and O–H groups in total. The predicted molar refractivity (Wildman–Crippen MR) is 85.5 cm³/mol.